The van der Waals surface area contributed by atoms with E-state index in [0.717, 1.165) is 24.9 Å². The summed E-state index contributed by atoms with van der Waals surface area (Å²) in [7, 11) is 1.70. The zero-order valence-corrected chi connectivity index (χ0v) is 12.4. The van der Waals surface area contributed by atoms with Crippen LogP contribution in [0.25, 0.3) is 0 Å². The van der Waals surface area contributed by atoms with Gasteiger partial charge in [-0.1, -0.05) is 6.07 Å². The van der Waals surface area contributed by atoms with E-state index in [1.165, 1.54) is 0 Å². The van der Waals surface area contributed by atoms with Crippen LogP contribution in [0, 0.1) is 6.92 Å². The third-order valence-corrected chi connectivity index (χ3v) is 4.00. The van der Waals surface area contributed by atoms with Crippen LogP contribution in [0.15, 0.2) is 18.2 Å². The lowest BCUT2D eigenvalue weighted by molar-refractivity contribution is -0.0439. The lowest BCUT2D eigenvalue weighted by Crippen LogP contribution is -2.49. The fraction of sp³-hybridized carbons (Fsp3) is 0.533. The molecule has 0 spiro atoms. The number of nitrogens with two attached hydrogens (primary N) is 1. The highest BCUT2D eigenvalue weighted by Gasteiger charge is 2.33. The van der Waals surface area contributed by atoms with Crippen molar-refractivity contribution in [3.8, 4) is 0 Å². The maximum atomic E-state index is 12.7. The molecule has 0 bridgehead atoms. The fourth-order valence-corrected chi connectivity index (χ4v) is 2.68. The number of benzene rings is 1. The van der Waals surface area contributed by atoms with Crippen molar-refractivity contribution >= 4 is 11.6 Å². The fourth-order valence-electron chi connectivity index (χ4n) is 2.68. The van der Waals surface area contributed by atoms with Gasteiger partial charge < -0.3 is 15.1 Å². The number of nitrogens with one attached hydrogen (secondary N) is 1. The quantitative estimate of drug-likeness (QED) is 0.654. The van der Waals surface area contributed by atoms with Gasteiger partial charge in [0, 0.05) is 20.2 Å². The number of nitrogens with zero attached hydrogens (tertiary/aromatic N) is 1. The first-order chi connectivity index (χ1) is 9.49. The molecule has 5 heteroatoms. The van der Waals surface area contributed by atoms with Gasteiger partial charge in [0.25, 0.3) is 5.91 Å². The molecule has 3 N–H and O–H groups in total. The molecule has 1 aromatic carbocycles. The number of piperidine rings is 1. The Labute approximate surface area is 120 Å². The first-order valence-electron chi connectivity index (χ1n) is 6.91. The molecule has 1 saturated heterocycles. The summed E-state index contributed by atoms with van der Waals surface area (Å²) >= 11 is 0. The summed E-state index contributed by atoms with van der Waals surface area (Å²) in [6.07, 6.45) is 1.93. The van der Waals surface area contributed by atoms with Crippen molar-refractivity contribution in [1.82, 2.24) is 4.90 Å². The maximum Gasteiger partial charge on any atom is 0.256 e. The van der Waals surface area contributed by atoms with Crippen LogP contribution in [-0.4, -0.2) is 36.6 Å². The lowest BCUT2D eigenvalue weighted by Gasteiger charge is -2.39. The van der Waals surface area contributed by atoms with Crippen LogP contribution < -0.4 is 11.3 Å². The van der Waals surface area contributed by atoms with Crippen LogP contribution in [0.5, 0.6) is 0 Å². The van der Waals surface area contributed by atoms with Crippen molar-refractivity contribution in [2.75, 3.05) is 25.6 Å². The van der Waals surface area contributed by atoms with Crippen LogP contribution in [0.1, 0.15) is 35.7 Å². The highest BCUT2D eigenvalue weighted by molar-refractivity contribution is 5.99. The van der Waals surface area contributed by atoms with Gasteiger partial charge in [0.05, 0.1) is 16.9 Å². The van der Waals surface area contributed by atoms with Crippen LogP contribution in [0.2, 0.25) is 0 Å². The SMILES string of the molecule is COC1(C)CCCN(C(=O)c2ccc(C)cc2NN)C1. The molecule has 1 aliphatic heterocycles. The van der Waals surface area contributed by atoms with Crippen molar-refractivity contribution in [2.24, 2.45) is 5.84 Å². The van der Waals surface area contributed by atoms with Gasteiger partial charge in [-0.15, -0.1) is 0 Å². The number of methoxy groups -OCH3 is 1. The molecule has 0 aromatic heterocycles. The molecule has 1 aromatic rings. The number of carbonyl (C=O) groups is 1. The molecule has 1 atom stereocenters. The molecule has 5 nitrogen and oxygen atoms in total. The Kier molecular flexibility index (Phi) is 4.30. The molecule has 0 saturated carbocycles. The predicted octanol–water partition coefficient (Wildman–Crippen LogP) is 1.92. The number of nitrogen functional groups attached to an aromatic ring is 1. The largest absolute Gasteiger partial charge is 0.377 e. The van der Waals surface area contributed by atoms with E-state index >= 15 is 0 Å². The number of rotatable bonds is 3. The van der Waals surface area contributed by atoms with E-state index in [1.54, 1.807) is 7.11 Å². The highest BCUT2D eigenvalue weighted by Crippen LogP contribution is 2.26. The van der Waals surface area contributed by atoms with Gasteiger partial charge >= 0.3 is 0 Å². The third-order valence-electron chi connectivity index (χ3n) is 4.00. The molecule has 1 fully saturated rings. The smallest absolute Gasteiger partial charge is 0.256 e. The average molecular weight is 277 g/mol. The molecule has 1 aliphatic rings. The molecule has 0 aliphatic carbocycles. The minimum Gasteiger partial charge on any atom is -0.377 e. The van der Waals surface area contributed by atoms with Crippen molar-refractivity contribution in [3.05, 3.63) is 29.3 Å². The van der Waals surface area contributed by atoms with Crippen molar-refractivity contribution < 1.29 is 9.53 Å². The number of carbonyl (C=O) groups excluding carboxylic acids is 1. The molecule has 0 radical (unpaired) electrons. The summed E-state index contributed by atoms with van der Waals surface area (Å²) in [5, 5.41) is 0. The van der Waals surface area contributed by atoms with Gasteiger partial charge in [-0.2, -0.15) is 0 Å². The Morgan fingerprint density at radius 3 is 2.90 bits per heavy atom. The Hall–Kier alpha value is -1.59. The average Bonchev–Trinajstić information content (AvgIpc) is 2.46. The summed E-state index contributed by atoms with van der Waals surface area (Å²) in [4.78, 5) is 14.5. The van der Waals surface area contributed by atoms with Gasteiger partial charge in [0.1, 0.15) is 0 Å². The molecule has 1 heterocycles. The number of hydrogen-bond donors (Lipinski definition) is 2. The van der Waals surface area contributed by atoms with E-state index in [4.69, 9.17) is 10.6 Å². The topological polar surface area (TPSA) is 67.6 Å². The van der Waals surface area contributed by atoms with Crippen LogP contribution >= 0.6 is 0 Å². The number of likely N-dealkylation sites (tertiary alicyclic amines) is 1. The van der Waals surface area contributed by atoms with E-state index in [2.05, 4.69) is 5.43 Å². The number of hydrazine groups is 1. The van der Waals surface area contributed by atoms with Crippen molar-refractivity contribution in [1.29, 1.82) is 0 Å². The number of anilines is 1. The number of ether oxygens (including phenoxy) is 1. The van der Waals surface area contributed by atoms with Gasteiger partial charge in [0.2, 0.25) is 0 Å². The summed E-state index contributed by atoms with van der Waals surface area (Å²) in [6.45, 7) is 5.39. The molecular weight excluding hydrogens is 254 g/mol. The normalized spacial score (nSPS) is 22.7. The Morgan fingerprint density at radius 2 is 2.25 bits per heavy atom. The van der Waals surface area contributed by atoms with Crippen LogP contribution in [0.3, 0.4) is 0 Å². The van der Waals surface area contributed by atoms with E-state index in [0.29, 0.717) is 17.8 Å². The molecule has 2 rings (SSSR count). The summed E-state index contributed by atoms with van der Waals surface area (Å²) < 4.78 is 5.54. The third kappa shape index (κ3) is 2.94. The van der Waals surface area contributed by atoms with Crippen LogP contribution in [-0.2, 0) is 4.74 Å². The second-order valence-electron chi connectivity index (χ2n) is 5.68. The molecule has 20 heavy (non-hydrogen) atoms. The molecule has 1 amide bonds. The number of amides is 1. The van der Waals surface area contributed by atoms with E-state index in [1.807, 2.05) is 36.9 Å². The molecule has 110 valence electrons. The van der Waals surface area contributed by atoms with Gasteiger partial charge in [-0.3, -0.25) is 10.6 Å². The number of aryl methyl sites for hydroxylation is 1. The highest BCUT2D eigenvalue weighted by atomic mass is 16.5. The zero-order valence-electron chi connectivity index (χ0n) is 12.4. The summed E-state index contributed by atoms with van der Waals surface area (Å²) in [5.74, 6) is 5.52. The predicted molar refractivity (Wildman–Crippen MR) is 79.5 cm³/mol. The molecule has 1 unspecified atom stereocenters. The lowest BCUT2D eigenvalue weighted by atomic mass is 9.94. The van der Waals surface area contributed by atoms with Gasteiger partial charge in [0.15, 0.2) is 0 Å². The monoisotopic (exact) mass is 277 g/mol. The summed E-state index contributed by atoms with van der Waals surface area (Å²) in [6, 6.07) is 5.63. The standard InChI is InChI=1S/C15H23N3O2/c1-11-5-6-12(13(9-11)17-16)14(19)18-8-4-7-15(2,10-18)20-3/h5-6,9,17H,4,7-8,10,16H2,1-3H3. The Balaban J connectivity index is 2.23. The van der Waals surface area contributed by atoms with Gasteiger partial charge in [-0.05, 0) is 44.4 Å². The molecular formula is C15H23N3O2. The van der Waals surface area contributed by atoms with E-state index in [9.17, 15) is 4.79 Å². The maximum absolute atomic E-state index is 12.7. The number of hydrogen-bond acceptors (Lipinski definition) is 4. The second-order valence-corrected chi connectivity index (χ2v) is 5.68. The second kappa shape index (κ2) is 5.81. The Morgan fingerprint density at radius 1 is 1.50 bits per heavy atom. The van der Waals surface area contributed by atoms with E-state index < -0.39 is 0 Å². The van der Waals surface area contributed by atoms with Gasteiger partial charge in [-0.25, -0.2) is 0 Å². The first-order valence-corrected chi connectivity index (χ1v) is 6.91. The van der Waals surface area contributed by atoms with Crippen molar-refractivity contribution in [2.45, 2.75) is 32.3 Å². The van der Waals surface area contributed by atoms with Crippen molar-refractivity contribution in [3.63, 3.8) is 0 Å². The zero-order chi connectivity index (χ0) is 14.8. The van der Waals surface area contributed by atoms with Crippen LogP contribution in [0.4, 0.5) is 5.69 Å². The Bertz CT molecular complexity index is 504. The minimum atomic E-state index is -0.255. The first kappa shape index (κ1) is 14.8. The minimum absolute atomic E-state index is 0.000856. The van der Waals surface area contributed by atoms with E-state index in [-0.39, 0.29) is 11.5 Å². The summed E-state index contributed by atoms with van der Waals surface area (Å²) in [5.41, 5.74) is 4.70.